The number of amides is 1. The highest BCUT2D eigenvalue weighted by molar-refractivity contribution is 7.99. The molecular weight excluding hydrogens is 208 g/mol. The van der Waals surface area contributed by atoms with Crippen molar-refractivity contribution in [2.24, 2.45) is 0 Å². The third-order valence-electron chi connectivity index (χ3n) is 3.44. The number of hydrogen-bond acceptors (Lipinski definition) is 3. The van der Waals surface area contributed by atoms with Gasteiger partial charge < -0.3 is 10.2 Å². The molecule has 0 spiro atoms. The van der Waals surface area contributed by atoms with Crippen LogP contribution in [0.4, 0.5) is 0 Å². The van der Waals surface area contributed by atoms with Crippen molar-refractivity contribution in [3.63, 3.8) is 0 Å². The summed E-state index contributed by atoms with van der Waals surface area (Å²) >= 11 is 2.01. The molecule has 3 nitrogen and oxygen atoms in total. The van der Waals surface area contributed by atoms with E-state index < -0.39 is 0 Å². The van der Waals surface area contributed by atoms with Crippen molar-refractivity contribution in [1.82, 2.24) is 10.2 Å². The minimum absolute atomic E-state index is 0.101. The van der Waals surface area contributed by atoms with Crippen molar-refractivity contribution in [1.29, 1.82) is 0 Å². The summed E-state index contributed by atoms with van der Waals surface area (Å²) in [6, 6.07) is 0.589. The summed E-state index contributed by atoms with van der Waals surface area (Å²) in [6.45, 7) is 1.00. The van der Waals surface area contributed by atoms with Crippen LogP contribution in [0.5, 0.6) is 0 Å². The van der Waals surface area contributed by atoms with Crippen LogP contribution in [-0.4, -0.2) is 48.0 Å². The molecule has 1 amide bonds. The molecule has 2 aliphatic rings. The Hall–Kier alpha value is -0.220. The first-order valence-electron chi connectivity index (χ1n) is 5.87. The smallest absolute Gasteiger partial charge is 0.239 e. The lowest BCUT2D eigenvalue weighted by molar-refractivity contribution is -0.134. The highest BCUT2D eigenvalue weighted by Crippen LogP contribution is 2.22. The number of carbonyl (C=O) groups excluding carboxylic acids is 1. The zero-order valence-corrected chi connectivity index (χ0v) is 10.2. The Balaban J connectivity index is 1.87. The lowest BCUT2D eigenvalue weighted by Crippen LogP contribution is -2.47. The molecule has 0 saturated carbocycles. The van der Waals surface area contributed by atoms with E-state index in [0.717, 1.165) is 19.4 Å². The van der Waals surface area contributed by atoms with Crippen LogP contribution in [0.25, 0.3) is 0 Å². The van der Waals surface area contributed by atoms with Gasteiger partial charge in [0.05, 0.1) is 6.04 Å². The van der Waals surface area contributed by atoms with Gasteiger partial charge in [0.25, 0.3) is 0 Å². The van der Waals surface area contributed by atoms with E-state index in [1.807, 2.05) is 23.7 Å². The van der Waals surface area contributed by atoms with Gasteiger partial charge in [-0.2, -0.15) is 11.8 Å². The normalized spacial score (nSPS) is 27.9. The second-order valence-corrected chi connectivity index (χ2v) is 5.67. The number of nitrogens with zero attached hydrogens (tertiary/aromatic N) is 1. The summed E-state index contributed by atoms with van der Waals surface area (Å²) in [5.74, 6) is 2.73. The van der Waals surface area contributed by atoms with Crippen molar-refractivity contribution in [2.45, 2.75) is 37.8 Å². The van der Waals surface area contributed by atoms with Crippen LogP contribution in [0.2, 0.25) is 0 Å². The van der Waals surface area contributed by atoms with Crippen molar-refractivity contribution < 1.29 is 4.79 Å². The maximum atomic E-state index is 12.1. The second kappa shape index (κ2) is 5.21. The van der Waals surface area contributed by atoms with Gasteiger partial charge in [-0.05, 0) is 43.7 Å². The van der Waals surface area contributed by atoms with Gasteiger partial charge in [0, 0.05) is 13.1 Å². The highest BCUT2D eigenvalue weighted by Gasteiger charge is 2.29. The summed E-state index contributed by atoms with van der Waals surface area (Å²) in [4.78, 5) is 14.1. The van der Waals surface area contributed by atoms with Crippen LogP contribution in [0, 0.1) is 0 Å². The third kappa shape index (κ3) is 2.67. The summed E-state index contributed by atoms with van der Waals surface area (Å²) in [6.07, 6.45) is 4.49. The van der Waals surface area contributed by atoms with E-state index in [0.29, 0.717) is 11.9 Å². The Labute approximate surface area is 96.0 Å². The molecule has 0 radical (unpaired) electrons. The SMILES string of the molecule is CN(C(=O)C1CCCN1)C1CCSCC1. The van der Waals surface area contributed by atoms with E-state index in [1.54, 1.807) is 0 Å². The molecular formula is C11H20N2OS. The minimum Gasteiger partial charge on any atom is -0.341 e. The molecule has 0 bridgehead atoms. The molecule has 2 saturated heterocycles. The zero-order chi connectivity index (χ0) is 10.7. The highest BCUT2D eigenvalue weighted by atomic mass is 32.2. The Bertz CT molecular complexity index is 223. The Kier molecular flexibility index (Phi) is 3.92. The lowest BCUT2D eigenvalue weighted by Gasteiger charge is -2.32. The number of hydrogen-bond donors (Lipinski definition) is 1. The summed E-state index contributed by atoms with van der Waals surface area (Å²) in [5.41, 5.74) is 0. The molecule has 0 aromatic rings. The number of nitrogens with one attached hydrogen (secondary N) is 1. The molecule has 0 aromatic carbocycles. The van der Waals surface area contributed by atoms with E-state index in [2.05, 4.69) is 5.32 Å². The minimum atomic E-state index is 0.101. The fourth-order valence-corrected chi connectivity index (χ4v) is 3.48. The molecule has 2 aliphatic heterocycles. The Morgan fingerprint density at radius 1 is 1.33 bits per heavy atom. The molecule has 4 heteroatoms. The Morgan fingerprint density at radius 2 is 2.07 bits per heavy atom. The maximum absolute atomic E-state index is 12.1. The van der Waals surface area contributed by atoms with Gasteiger partial charge in [-0.1, -0.05) is 0 Å². The topological polar surface area (TPSA) is 32.3 Å². The first-order valence-corrected chi connectivity index (χ1v) is 7.02. The van der Waals surface area contributed by atoms with Crippen molar-refractivity contribution >= 4 is 17.7 Å². The number of likely N-dealkylation sites (N-methyl/N-ethyl adjacent to an activating group) is 1. The molecule has 15 heavy (non-hydrogen) atoms. The van der Waals surface area contributed by atoms with E-state index in [9.17, 15) is 4.79 Å². The van der Waals surface area contributed by atoms with Crippen molar-refractivity contribution in [3.8, 4) is 0 Å². The molecule has 2 fully saturated rings. The molecule has 0 aromatic heterocycles. The maximum Gasteiger partial charge on any atom is 0.239 e. The third-order valence-corrected chi connectivity index (χ3v) is 4.49. The molecule has 1 N–H and O–H groups in total. The molecule has 0 aliphatic carbocycles. The summed E-state index contributed by atoms with van der Waals surface area (Å²) < 4.78 is 0. The van der Waals surface area contributed by atoms with Gasteiger partial charge in [0.15, 0.2) is 0 Å². The predicted octanol–water partition coefficient (Wildman–Crippen LogP) is 1.09. The molecule has 2 heterocycles. The predicted molar refractivity (Wildman–Crippen MR) is 64.1 cm³/mol. The standard InChI is InChI=1S/C11H20N2OS/c1-13(9-4-7-15-8-5-9)11(14)10-3-2-6-12-10/h9-10,12H,2-8H2,1H3. The first kappa shape index (κ1) is 11.3. The van der Waals surface area contributed by atoms with Crippen molar-refractivity contribution in [2.75, 3.05) is 25.1 Å². The number of rotatable bonds is 2. The molecule has 86 valence electrons. The zero-order valence-electron chi connectivity index (χ0n) is 9.37. The van der Waals surface area contributed by atoms with E-state index in [-0.39, 0.29) is 6.04 Å². The van der Waals surface area contributed by atoms with Crippen molar-refractivity contribution in [3.05, 3.63) is 0 Å². The van der Waals surface area contributed by atoms with Gasteiger partial charge in [-0.3, -0.25) is 4.79 Å². The molecule has 1 unspecified atom stereocenters. The summed E-state index contributed by atoms with van der Waals surface area (Å²) in [5, 5.41) is 3.28. The van der Waals surface area contributed by atoms with E-state index in [1.165, 1.54) is 24.3 Å². The van der Waals surface area contributed by atoms with Crippen LogP contribution < -0.4 is 5.32 Å². The van der Waals surface area contributed by atoms with Crippen LogP contribution in [0.3, 0.4) is 0 Å². The first-order chi connectivity index (χ1) is 7.29. The molecule has 2 rings (SSSR count). The molecule has 1 atom stereocenters. The Morgan fingerprint density at radius 3 is 2.67 bits per heavy atom. The monoisotopic (exact) mass is 228 g/mol. The van der Waals surface area contributed by atoms with Gasteiger partial charge in [0.1, 0.15) is 0 Å². The van der Waals surface area contributed by atoms with Gasteiger partial charge in [0.2, 0.25) is 5.91 Å². The fraction of sp³-hybridized carbons (Fsp3) is 0.909. The van der Waals surface area contributed by atoms with E-state index in [4.69, 9.17) is 0 Å². The van der Waals surface area contributed by atoms with Crippen LogP contribution >= 0.6 is 11.8 Å². The van der Waals surface area contributed by atoms with E-state index >= 15 is 0 Å². The van der Waals surface area contributed by atoms with Crippen LogP contribution in [0.1, 0.15) is 25.7 Å². The number of carbonyl (C=O) groups is 1. The average Bonchev–Trinajstić information content (AvgIpc) is 2.82. The average molecular weight is 228 g/mol. The quantitative estimate of drug-likeness (QED) is 0.768. The second-order valence-electron chi connectivity index (χ2n) is 4.44. The van der Waals surface area contributed by atoms with Gasteiger partial charge in [-0.15, -0.1) is 0 Å². The van der Waals surface area contributed by atoms with Crippen LogP contribution in [0.15, 0.2) is 0 Å². The summed E-state index contributed by atoms with van der Waals surface area (Å²) in [7, 11) is 1.98. The number of thioether (sulfide) groups is 1. The van der Waals surface area contributed by atoms with Gasteiger partial charge in [-0.25, -0.2) is 0 Å². The van der Waals surface area contributed by atoms with Gasteiger partial charge >= 0.3 is 0 Å². The fourth-order valence-electron chi connectivity index (χ4n) is 2.39. The lowest BCUT2D eigenvalue weighted by atomic mass is 10.1. The van der Waals surface area contributed by atoms with Crippen LogP contribution in [-0.2, 0) is 4.79 Å². The largest absolute Gasteiger partial charge is 0.341 e.